The van der Waals surface area contributed by atoms with Crippen LogP contribution in [-0.4, -0.2) is 45.4 Å². The van der Waals surface area contributed by atoms with Crippen molar-refractivity contribution < 1.29 is 17.9 Å². The third-order valence-corrected chi connectivity index (χ3v) is 6.37. The highest BCUT2D eigenvalue weighted by Gasteiger charge is 2.57. The van der Waals surface area contributed by atoms with E-state index in [4.69, 9.17) is 10.7 Å². The van der Waals surface area contributed by atoms with Crippen molar-refractivity contribution in [2.45, 2.75) is 38.6 Å². The largest absolute Gasteiger partial charge is 0.573 e. The molecular weight excluding hydrogens is 383 g/mol. The van der Waals surface area contributed by atoms with Crippen LogP contribution in [0.2, 0.25) is 0 Å². The summed E-state index contributed by atoms with van der Waals surface area (Å²) in [6.07, 6.45) is 1.97. The Balaban J connectivity index is 1.44. The molecule has 29 heavy (non-hydrogen) atoms. The van der Waals surface area contributed by atoms with Crippen LogP contribution in [0, 0.1) is 17.8 Å². The Kier molecular flexibility index (Phi) is 4.27. The fraction of sp³-hybridized carbons (Fsp3) is 0.600. The molecule has 0 spiro atoms. The number of hydrogen-bond donors (Lipinski definition) is 1. The van der Waals surface area contributed by atoms with E-state index < -0.39 is 12.1 Å². The number of likely N-dealkylation sites (tertiary alicyclic amines) is 1. The summed E-state index contributed by atoms with van der Waals surface area (Å²) >= 11 is 0. The van der Waals surface area contributed by atoms with Gasteiger partial charge in [0.05, 0.1) is 5.69 Å². The first-order chi connectivity index (χ1) is 13.8. The van der Waals surface area contributed by atoms with Crippen LogP contribution in [0.3, 0.4) is 0 Å². The van der Waals surface area contributed by atoms with E-state index in [0.29, 0.717) is 35.1 Å². The van der Waals surface area contributed by atoms with E-state index >= 15 is 0 Å². The lowest BCUT2D eigenvalue weighted by Gasteiger charge is -2.18. The van der Waals surface area contributed by atoms with E-state index in [1.54, 1.807) is 0 Å². The zero-order valence-electron chi connectivity index (χ0n) is 16.2. The van der Waals surface area contributed by atoms with Crippen LogP contribution in [-0.2, 0) is 6.42 Å². The van der Waals surface area contributed by atoms with Crippen molar-refractivity contribution in [3.05, 3.63) is 24.3 Å². The highest BCUT2D eigenvalue weighted by atomic mass is 19.4. The summed E-state index contributed by atoms with van der Waals surface area (Å²) in [5.74, 6) is 2.20. The van der Waals surface area contributed by atoms with Gasteiger partial charge in [0.25, 0.3) is 0 Å². The Hall–Kier alpha value is -2.29. The first-order valence-corrected chi connectivity index (χ1v) is 10.1. The Morgan fingerprint density at radius 1 is 1.24 bits per heavy atom. The van der Waals surface area contributed by atoms with Crippen LogP contribution < -0.4 is 10.5 Å². The van der Waals surface area contributed by atoms with Crippen LogP contribution in [0.5, 0.6) is 5.75 Å². The number of fused-ring (bicyclic) bond motifs is 1. The second kappa shape index (κ2) is 6.62. The van der Waals surface area contributed by atoms with Gasteiger partial charge in [0.2, 0.25) is 0 Å². The number of halogens is 3. The van der Waals surface area contributed by atoms with Gasteiger partial charge in [0, 0.05) is 43.5 Å². The maximum Gasteiger partial charge on any atom is 0.573 e. The van der Waals surface area contributed by atoms with E-state index in [1.807, 2.05) is 6.20 Å². The molecule has 3 atom stereocenters. The number of pyridine rings is 1. The monoisotopic (exact) mass is 407 g/mol. The fourth-order valence-electron chi connectivity index (χ4n) is 4.62. The molecule has 3 heterocycles. The highest BCUT2D eigenvalue weighted by molar-refractivity contribution is 5.64. The lowest BCUT2D eigenvalue weighted by atomic mass is 10.2. The highest BCUT2D eigenvalue weighted by Crippen LogP contribution is 2.56. The second-order valence-electron chi connectivity index (χ2n) is 8.42. The maximum absolute atomic E-state index is 12.7. The predicted octanol–water partition coefficient (Wildman–Crippen LogP) is 3.50. The van der Waals surface area contributed by atoms with Gasteiger partial charge in [0.1, 0.15) is 5.82 Å². The third-order valence-electron chi connectivity index (χ3n) is 6.37. The summed E-state index contributed by atoms with van der Waals surface area (Å²) in [6, 6.07) is 1.72. The van der Waals surface area contributed by atoms with Gasteiger partial charge in [-0.3, -0.25) is 0 Å². The minimum Gasteiger partial charge on any atom is -0.402 e. The Morgan fingerprint density at radius 3 is 2.59 bits per heavy atom. The molecule has 0 aromatic carbocycles. The average molecular weight is 407 g/mol. The molecule has 156 valence electrons. The van der Waals surface area contributed by atoms with Crippen LogP contribution in [0.25, 0.3) is 11.3 Å². The predicted molar refractivity (Wildman–Crippen MR) is 101 cm³/mol. The Bertz CT molecular complexity index is 911. The van der Waals surface area contributed by atoms with Crippen molar-refractivity contribution in [1.82, 2.24) is 19.4 Å². The van der Waals surface area contributed by atoms with Gasteiger partial charge in [-0.25, -0.2) is 9.97 Å². The lowest BCUT2D eigenvalue weighted by molar-refractivity contribution is -0.274. The first kappa shape index (κ1) is 18.7. The standard InChI is InChI=1S/C20H24F3N5O/c1-2-27-8-13-14(9-27)18(13)28-10-15(26-17(28)5-11-3-4-11)12-6-16(19(24)25-7-12)29-20(21,22)23/h6-7,10-11,13-14,18H,2-5,8-9H2,1H3,(H2,24,25)/t13-,14+,18+. The minimum absolute atomic E-state index is 0.292. The van der Waals surface area contributed by atoms with Gasteiger partial charge >= 0.3 is 6.36 Å². The topological polar surface area (TPSA) is 69.2 Å². The molecule has 9 heteroatoms. The maximum atomic E-state index is 12.7. The molecule has 2 aliphatic carbocycles. The number of anilines is 1. The van der Waals surface area contributed by atoms with Crippen molar-refractivity contribution in [2.24, 2.45) is 17.8 Å². The van der Waals surface area contributed by atoms with Crippen LogP contribution in [0.1, 0.15) is 31.6 Å². The van der Waals surface area contributed by atoms with E-state index in [0.717, 1.165) is 31.9 Å². The quantitative estimate of drug-likeness (QED) is 0.794. The molecule has 0 bridgehead atoms. The van der Waals surface area contributed by atoms with Crippen molar-refractivity contribution >= 4 is 5.82 Å². The molecular formula is C20H24F3N5O. The van der Waals surface area contributed by atoms with Crippen molar-refractivity contribution in [3.8, 4) is 17.0 Å². The summed E-state index contributed by atoms with van der Waals surface area (Å²) in [6.45, 7) is 5.47. The third kappa shape index (κ3) is 3.68. The van der Waals surface area contributed by atoms with Crippen molar-refractivity contribution in [1.29, 1.82) is 0 Å². The fourth-order valence-corrected chi connectivity index (χ4v) is 4.62. The zero-order chi connectivity index (χ0) is 20.3. The molecule has 1 saturated heterocycles. The Morgan fingerprint density at radius 2 is 1.97 bits per heavy atom. The van der Waals surface area contributed by atoms with Gasteiger partial charge in [-0.15, -0.1) is 13.2 Å². The van der Waals surface area contributed by atoms with Crippen LogP contribution >= 0.6 is 0 Å². The summed E-state index contributed by atoms with van der Waals surface area (Å²) in [5.41, 5.74) is 6.67. The number of ether oxygens (including phenoxy) is 1. The zero-order valence-corrected chi connectivity index (χ0v) is 16.2. The minimum atomic E-state index is -4.82. The molecule has 2 aromatic rings. The van der Waals surface area contributed by atoms with E-state index in [9.17, 15) is 13.2 Å². The number of rotatable bonds is 6. The summed E-state index contributed by atoms with van der Waals surface area (Å²) in [4.78, 5) is 11.1. The second-order valence-corrected chi connectivity index (χ2v) is 8.42. The van der Waals surface area contributed by atoms with Gasteiger partial charge in [-0.1, -0.05) is 6.92 Å². The molecule has 3 aliphatic rings. The first-order valence-electron chi connectivity index (χ1n) is 10.1. The molecule has 6 nitrogen and oxygen atoms in total. The number of alkyl halides is 3. The lowest BCUT2D eigenvalue weighted by Crippen LogP contribution is -2.25. The number of nitrogen functional groups attached to an aromatic ring is 1. The van der Waals surface area contributed by atoms with E-state index in [-0.39, 0.29) is 5.82 Å². The molecule has 1 aliphatic heterocycles. The van der Waals surface area contributed by atoms with Crippen LogP contribution in [0.4, 0.5) is 19.0 Å². The molecule has 5 rings (SSSR count). The number of hydrogen-bond acceptors (Lipinski definition) is 5. The molecule has 2 N–H and O–H groups in total. The van der Waals surface area contributed by atoms with Crippen molar-refractivity contribution in [2.75, 3.05) is 25.4 Å². The summed E-state index contributed by atoms with van der Waals surface area (Å²) in [5, 5.41) is 0. The Labute approximate surface area is 166 Å². The number of nitrogens with zero attached hydrogens (tertiary/aromatic N) is 4. The SMILES string of the molecule is CCN1C[C@@H]2[C@H](C1)[C@H]2n1cc(-c2cnc(N)c(OC(F)(F)F)c2)nc1CC1CC1. The van der Waals surface area contributed by atoms with E-state index in [2.05, 4.69) is 26.1 Å². The average Bonchev–Trinajstić information content (AvgIpc) is 3.50. The normalized spacial score (nSPS) is 26.6. The van der Waals surface area contributed by atoms with Gasteiger partial charge in [-0.05, 0) is 43.2 Å². The number of imidazole rings is 1. The summed E-state index contributed by atoms with van der Waals surface area (Å²) < 4.78 is 44.3. The van der Waals surface area contributed by atoms with Crippen molar-refractivity contribution in [3.63, 3.8) is 0 Å². The molecule has 2 saturated carbocycles. The molecule has 3 fully saturated rings. The van der Waals surface area contributed by atoms with E-state index in [1.165, 1.54) is 25.1 Å². The van der Waals surface area contributed by atoms with Gasteiger partial charge < -0.3 is 19.9 Å². The number of piperidine rings is 1. The molecule has 0 unspecified atom stereocenters. The number of aromatic nitrogens is 3. The molecule has 0 amide bonds. The summed E-state index contributed by atoms with van der Waals surface area (Å²) in [7, 11) is 0. The van der Waals surface area contributed by atoms with Crippen LogP contribution in [0.15, 0.2) is 18.5 Å². The molecule has 2 aromatic heterocycles. The van der Waals surface area contributed by atoms with Gasteiger partial charge in [-0.2, -0.15) is 0 Å². The van der Waals surface area contributed by atoms with Gasteiger partial charge in [0.15, 0.2) is 11.6 Å². The molecule has 0 radical (unpaired) electrons. The number of nitrogens with two attached hydrogens (primary N) is 1. The smallest absolute Gasteiger partial charge is 0.402 e.